The molecule has 176 valence electrons. The number of amides is 1. The maximum absolute atomic E-state index is 13.0. The number of pyridine rings is 1. The summed E-state index contributed by atoms with van der Waals surface area (Å²) in [6.07, 6.45) is 11.0. The van der Waals surface area contributed by atoms with Crippen molar-refractivity contribution in [1.29, 1.82) is 0 Å². The first-order valence-corrected chi connectivity index (χ1v) is 12.6. The fourth-order valence-corrected chi connectivity index (χ4v) is 5.82. The fourth-order valence-electron chi connectivity index (χ4n) is 5.82. The molecule has 0 unspecified atom stereocenters. The predicted molar refractivity (Wildman–Crippen MR) is 127 cm³/mol. The van der Waals surface area contributed by atoms with Crippen molar-refractivity contribution >= 4 is 5.91 Å². The van der Waals surface area contributed by atoms with Crippen LogP contribution in [-0.2, 0) is 13.0 Å². The number of carbonyl (C=O) groups is 1. The van der Waals surface area contributed by atoms with Gasteiger partial charge in [0.05, 0.1) is 16.8 Å². The van der Waals surface area contributed by atoms with Gasteiger partial charge in [-0.1, -0.05) is 19.3 Å². The predicted octanol–water partition coefficient (Wildman–Crippen LogP) is 3.43. The molecule has 7 nitrogen and oxygen atoms in total. The molecule has 7 heteroatoms. The van der Waals surface area contributed by atoms with Gasteiger partial charge in [-0.15, -0.1) is 0 Å². The largest absolute Gasteiger partial charge is 0.339 e. The number of carbonyl (C=O) groups excluding carboxylic acids is 1. The van der Waals surface area contributed by atoms with Crippen LogP contribution in [0.2, 0.25) is 0 Å². The van der Waals surface area contributed by atoms with Crippen LogP contribution in [0.1, 0.15) is 84.0 Å². The number of hydrogen-bond donors (Lipinski definition) is 1. The molecule has 2 aliphatic heterocycles. The molecule has 1 saturated carbocycles. The molecule has 1 aliphatic carbocycles. The summed E-state index contributed by atoms with van der Waals surface area (Å²) in [4.78, 5) is 42.5. The third kappa shape index (κ3) is 4.88. The number of piperidine rings is 1. The van der Waals surface area contributed by atoms with E-state index in [1.165, 1.54) is 32.1 Å². The van der Waals surface area contributed by atoms with Crippen molar-refractivity contribution in [3.05, 3.63) is 57.0 Å². The zero-order chi connectivity index (χ0) is 22.8. The molecule has 0 aromatic carbocycles. The first kappa shape index (κ1) is 22.3. The topological polar surface area (TPSA) is 82.2 Å². The van der Waals surface area contributed by atoms with E-state index in [9.17, 15) is 9.59 Å². The smallest absolute Gasteiger partial charge is 0.255 e. The second kappa shape index (κ2) is 9.75. The van der Waals surface area contributed by atoms with E-state index in [-0.39, 0.29) is 17.4 Å². The molecular weight excluding hydrogens is 414 g/mol. The molecule has 0 atom stereocenters. The Morgan fingerprint density at radius 1 is 1.12 bits per heavy atom. The van der Waals surface area contributed by atoms with Crippen LogP contribution in [0.15, 0.2) is 23.1 Å². The molecule has 2 fully saturated rings. The number of aryl methyl sites for hydroxylation is 1. The standard InChI is InChI=1S/C26H35N5O2/c1-18-21(8-5-12-27-18)26(33)31-14-9-20(10-15-31)24-28-23-11-13-30(17-22(23)25(32)29-24)16-19-6-3-2-4-7-19/h5,8,12,19-20H,2-4,6-7,9-11,13-17H2,1H3,(H,28,29,32). The quantitative estimate of drug-likeness (QED) is 0.773. The lowest BCUT2D eigenvalue weighted by atomic mass is 9.88. The molecule has 1 saturated heterocycles. The molecule has 0 bridgehead atoms. The second-order valence-electron chi connectivity index (χ2n) is 10.1. The first-order valence-electron chi connectivity index (χ1n) is 12.6. The average Bonchev–Trinajstić information content (AvgIpc) is 2.85. The lowest BCUT2D eigenvalue weighted by molar-refractivity contribution is 0.0709. The van der Waals surface area contributed by atoms with Crippen LogP contribution in [0.4, 0.5) is 0 Å². The molecule has 5 rings (SSSR count). The van der Waals surface area contributed by atoms with Gasteiger partial charge in [-0.3, -0.25) is 19.5 Å². The van der Waals surface area contributed by atoms with Gasteiger partial charge in [-0.2, -0.15) is 0 Å². The number of likely N-dealkylation sites (tertiary alicyclic amines) is 1. The number of fused-ring (bicyclic) bond motifs is 1. The van der Waals surface area contributed by atoms with E-state index in [4.69, 9.17) is 4.98 Å². The molecule has 2 aromatic rings. The van der Waals surface area contributed by atoms with Crippen molar-refractivity contribution in [1.82, 2.24) is 24.8 Å². The van der Waals surface area contributed by atoms with Gasteiger partial charge in [-0.25, -0.2) is 4.98 Å². The molecule has 0 radical (unpaired) electrons. The van der Waals surface area contributed by atoms with Crippen LogP contribution in [0.5, 0.6) is 0 Å². The molecule has 0 spiro atoms. The SMILES string of the molecule is Cc1ncccc1C(=O)N1CCC(c2nc3c(c(=O)[nH]2)CN(CC2CCCCC2)CC3)CC1. The Morgan fingerprint density at radius 2 is 1.91 bits per heavy atom. The number of H-pyrrole nitrogens is 1. The average molecular weight is 450 g/mol. The fraction of sp³-hybridized carbons (Fsp3) is 0.615. The maximum Gasteiger partial charge on any atom is 0.255 e. The van der Waals surface area contributed by atoms with E-state index >= 15 is 0 Å². The minimum absolute atomic E-state index is 0.0350. The van der Waals surface area contributed by atoms with Crippen LogP contribution >= 0.6 is 0 Å². The molecular formula is C26H35N5O2. The third-order valence-corrected chi connectivity index (χ3v) is 7.81. The Balaban J connectivity index is 1.22. The van der Waals surface area contributed by atoms with Crippen LogP contribution in [0.25, 0.3) is 0 Å². The zero-order valence-corrected chi connectivity index (χ0v) is 19.7. The number of nitrogens with zero attached hydrogens (tertiary/aromatic N) is 4. The number of aromatic nitrogens is 3. The molecule has 2 aromatic heterocycles. The highest BCUT2D eigenvalue weighted by atomic mass is 16.2. The highest BCUT2D eigenvalue weighted by molar-refractivity contribution is 5.95. The lowest BCUT2D eigenvalue weighted by Gasteiger charge is -2.34. The van der Waals surface area contributed by atoms with Crippen molar-refractivity contribution in [2.45, 2.75) is 70.8 Å². The van der Waals surface area contributed by atoms with Gasteiger partial charge in [-0.05, 0) is 50.7 Å². The molecule has 33 heavy (non-hydrogen) atoms. The van der Waals surface area contributed by atoms with Gasteiger partial charge in [0.25, 0.3) is 11.5 Å². The normalized spacial score (nSPS) is 20.6. The summed E-state index contributed by atoms with van der Waals surface area (Å²) in [5.74, 6) is 1.84. The van der Waals surface area contributed by atoms with Gasteiger partial charge >= 0.3 is 0 Å². The van der Waals surface area contributed by atoms with Crippen LogP contribution in [0, 0.1) is 12.8 Å². The van der Waals surface area contributed by atoms with E-state index in [0.29, 0.717) is 18.7 Å². The van der Waals surface area contributed by atoms with Crippen LogP contribution < -0.4 is 5.56 Å². The van der Waals surface area contributed by atoms with E-state index in [1.807, 2.05) is 24.0 Å². The van der Waals surface area contributed by atoms with Gasteiger partial charge in [0, 0.05) is 57.0 Å². The Hall–Kier alpha value is -2.54. The highest BCUT2D eigenvalue weighted by Gasteiger charge is 2.29. The summed E-state index contributed by atoms with van der Waals surface area (Å²) in [7, 11) is 0. The second-order valence-corrected chi connectivity index (χ2v) is 10.1. The molecule has 3 aliphatic rings. The molecule has 4 heterocycles. The summed E-state index contributed by atoms with van der Waals surface area (Å²) in [5.41, 5.74) is 3.32. The van der Waals surface area contributed by atoms with E-state index in [2.05, 4.69) is 14.9 Å². The Kier molecular flexibility index (Phi) is 6.58. The van der Waals surface area contributed by atoms with Gasteiger partial charge in [0.1, 0.15) is 5.82 Å². The number of nitrogens with one attached hydrogen (secondary N) is 1. The van der Waals surface area contributed by atoms with E-state index in [0.717, 1.165) is 67.6 Å². The van der Waals surface area contributed by atoms with Crippen LogP contribution in [-0.4, -0.2) is 56.8 Å². The van der Waals surface area contributed by atoms with Gasteiger partial charge in [0.15, 0.2) is 0 Å². The molecule has 1 N–H and O–H groups in total. The Bertz CT molecular complexity index is 1050. The summed E-state index contributed by atoms with van der Waals surface area (Å²) < 4.78 is 0. The van der Waals surface area contributed by atoms with E-state index in [1.54, 1.807) is 6.20 Å². The van der Waals surface area contributed by atoms with Gasteiger partial charge < -0.3 is 9.88 Å². The van der Waals surface area contributed by atoms with Crippen LogP contribution in [0.3, 0.4) is 0 Å². The third-order valence-electron chi connectivity index (χ3n) is 7.81. The van der Waals surface area contributed by atoms with Crippen molar-refractivity contribution in [3.8, 4) is 0 Å². The monoisotopic (exact) mass is 449 g/mol. The first-order chi connectivity index (χ1) is 16.1. The van der Waals surface area contributed by atoms with Gasteiger partial charge in [0.2, 0.25) is 0 Å². The number of rotatable bonds is 4. The Morgan fingerprint density at radius 3 is 2.67 bits per heavy atom. The summed E-state index contributed by atoms with van der Waals surface area (Å²) in [6.45, 7) is 6.06. The van der Waals surface area contributed by atoms with Crippen molar-refractivity contribution in [2.24, 2.45) is 5.92 Å². The number of aromatic amines is 1. The minimum atomic E-state index is 0.0350. The Labute approximate surface area is 195 Å². The van der Waals surface area contributed by atoms with E-state index < -0.39 is 0 Å². The summed E-state index contributed by atoms with van der Waals surface area (Å²) in [6, 6.07) is 3.65. The highest BCUT2D eigenvalue weighted by Crippen LogP contribution is 2.29. The minimum Gasteiger partial charge on any atom is -0.339 e. The zero-order valence-electron chi connectivity index (χ0n) is 19.7. The lowest BCUT2D eigenvalue weighted by Crippen LogP contribution is -2.40. The molecule has 1 amide bonds. The van der Waals surface area contributed by atoms with Crippen molar-refractivity contribution < 1.29 is 4.79 Å². The number of hydrogen-bond acceptors (Lipinski definition) is 5. The van der Waals surface area contributed by atoms with Crippen molar-refractivity contribution in [2.75, 3.05) is 26.2 Å². The van der Waals surface area contributed by atoms with Crippen molar-refractivity contribution in [3.63, 3.8) is 0 Å². The maximum atomic E-state index is 13.0. The summed E-state index contributed by atoms with van der Waals surface area (Å²) >= 11 is 0. The summed E-state index contributed by atoms with van der Waals surface area (Å²) in [5, 5.41) is 0.